The van der Waals surface area contributed by atoms with Crippen LogP contribution in [0.2, 0.25) is 0 Å². The molecule has 1 aromatic heterocycles. The maximum absolute atomic E-state index is 13.2. The van der Waals surface area contributed by atoms with Gasteiger partial charge in [-0.3, -0.25) is 0 Å². The molecule has 2 aliphatic heterocycles. The molecular weight excluding hydrogens is 435 g/mol. The van der Waals surface area contributed by atoms with Crippen molar-refractivity contribution >= 4 is 17.3 Å². The van der Waals surface area contributed by atoms with Crippen LogP contribution < -0.4 is 0 Å². The van der Waals surface area contributed by atoms with E-state index in [0.717, 1.165) is 20.9 Å². The minimum absolute atomic E-state index is 0.276. The van der Waals surface area contributed by atoms with Crippen LogP contribution in [0.3, 0.4) is 0 Å². The molecule has 5 atom stereocenters. The van der Waals surface area contributed by atoms with E-state index in [1.54, 1.807) is 29.5 Å². The van der Waals surface area contributed by atoms with Gasteiger partial charge in [0.05, 0.1) is 12.2 Å². The highest BCUT2D eigenvalue weighted by molar-refractivity contribution is 7.15. The number of fused-ring (bicyclic) bond motifs is 3. The fraction of sp³-hybridized carbons (Fsp3) is 0.292. The molecule has 5 rings (SSSR count). The SMILES string of the molecule is O=C1OC2C(OC(CO)C(O)C2O)c2cc(Cc3ccc(-c4ccc(F)cc4)s3)ccc21. The summed E-state index contributed by atoms with van der Waals surface area (Å²) in [5.41, 5.74) is 2.79. The van der Waals surface area contributed by atoms with Crippen LogP contribution >= 0.6 is 11.3 Å². The van der Waals surface area contributed by atoms with Crippen molar-refractivity contribution in [3.05, 3.63) is 82.0 Å². The van der Waals surface area contributed by atoms with E-state index in [2.05, 4.69) is 0 Å². The van der Waals surface area contributed by atoms with Crippen molar-refractivity contribution in [1.29, 1.82) is 0 Å². The highest BCUT2D eigenvalue weighted by atomic mass is 32.1. The minimum Gasteiger partial charge on any atom is -0.453 e. The number of hydrogen-bond acceptors (Lipinski definition) is 7. The second-order valence-electron chi connectivity index (χ2n) is 8.00. The second-order valence-corrected chi connectivity index (χ2v) is 9.17. The molecule has 8 heteroatoms. The number of esters is 1. The molecular formula is C24H21FO6S. The van der Waals surface area contributed by atoms with Crippen LogP contribution in [-0.4, -0.2) is 52.3 Å². The molecule has 166 valence electrons. The molecule has 0 radical (unpaired) electrons. The molecule has 0 amide bonds. The van der Waals surface area contributed by atoms with Gasteiger partial charge < -0.3 is 24.8 Å². The highest BCUT2D eigenvalue weighted by Gasteiger charge is 2.50. The van der Waals surface area contributed by atoms with Crippen molar-refractivity contribution < 1.29 is 34.0 Å². The lowest BCUT2D eigenvalue weighted by atomic mass is 9.86. The standard InChI is InChI=1S/C24H21FO6S/c25-14-4-2-13(3-5-14)19-8-6-15(32-19)9-12-1-7-16-17(10-12)22-23(31-24(16)29)21(28)20(27)18(11-26)30-22/h1-8,10,18,20-23,26-28H,9,11H2. The largest absolute Gasteiger partial charge is 0.453 e. The Morgan fingerprint density at radius 2 is 1.78 bits per heavy atom. The minimum atomic E-state index is -1.36. The molecule has 3 N–H and O–H groups in total. The Balaban J connectivity index is 1.42. The van der Waals surface area contributed by atoms with Crippen molar-refractivity contribution in [2.45, 2.75) is 36.9 Å². The van der Waals surface area contributed by atoms with Gasteiger partial charge in [0.2, 0.25) is 0 Å². The summed E-state index contributed by atoms with van der Waals surface area (Å²) >= 11 is 1.60. The van der Waals surface area contributed by atoms with E-state index in [4.69, 9.17) is 9.47 Å². The number of aliphatic hydroxyl groups excluding tert-OH is 3. The Hall–Kier alpha value is -2.62. The summed E-state index contributed by atoms with van der Waals surface area (Å²) in [4.78, 5) is 14.6. The highest BCUT2D eigenvalue weighted by Crippen LogP contribution is 2.40. The molecule has 1 saturated heterocycles. The molecule has 0 saturated carbocycles. The number of rotatable bonds is 4. The number of thiophene rings is 1. The van der Waals surface area contributed by atoms with Crippen molar-refractivity contribution in [3.63, 3.8) is 0 Å². The van der Waals surface area contributed by atoms with E-state index in [1.165, 1.54) is 12.1 Å². The van der Waals surface area contributed by atoms with Gasteiger partial charge in [-0.1, -0.05) is 24.3 Å². The van der Waals surface area contributed by atoms with Gasteiger partial charge >= 0.3 is 5.97 Å². The lowest BCUT2D eigenvalue weighted by Gasteiger charge is -2.44. The molecule has 3 heterocycles. The lowest BCUT2D eigenvalue weighted by Crippen LogP contribution is -2.58. The first-order valence-electron chi connectivity index (χ1n) is 10.3. The molecule has 1 fully saturated rings. The number of carbonyl (C=O) groups is 1. The van der Waals surface area contributed by atoms with Gasteiger partial charge in [0.25, 0.3) is 0 Å². The normalized spacial score (nSPS) is 26.9. The molecule has 32 heavy (non-hydrogen) atoms. The molecule has 2 aliphatic rings. The van der Waals surface area contributed by atoms with E-state index in [9.17, 15) is 24.5 Å². The zero-order chi connectivity index (χ0) is 22.4. The number of benzene rings is 2. The van der Waals surface area contributed by atoms with Gasteiger partial charge in [0.1, 0.15) is 30.2 Å². The van der Waals surface area contributed by atoms with E-state index in [1.807, 2.05) is 24.3 Å². The Bertz CT molecular complexity index is 1140. The number of aliphatic hydroxyl groups is 3. The molecule has 0 spiro atoms. The second kappa shape index (κ2) is 8.38. The topological polar surface area (TPSA) is 96.2 Å². The van der Waals surface area contributed by atoms with Gasteiger partial charge in [-0.25, -0.2) is 9.18 Å². The number of hydrogen-bond donors (Lipinski definition) is 3. The van der Waals surface area contributed by atoms with E-state index in [-0.39, 0.29) is 5.82 Å². The summed E-state index contributed by atoms with van der Waals surface area (Å²) in [7, 11) is 0. The third kappa shape index (κ3) is 3.74. The van der Waals surface area contributed by atoms with Crippen LogP contribution in [0.15, 0.2) is 54.6 Å². The van der Waals surface area contributed by atoms with Crippen LogP contribution in [0.1, 0.15) is 32.5 Å². The predicted molar refractivity (Wildman–Crippen MR) is 115 cm³/mol. The van der Waals surface area contributed by atoms with Gasteiger partial charge in [0, 0.05) is 16.2 Å². The summed E-state index contributed by atoms with van der Waals surface area (Å²) in [5, 5.41) is 30.0. The summed E-state index contributed by atoms with van der Waals surface area (Å²) in [6, 6.07) is 15.7. The molecule has 5 unspecified atom stereocenters. The third-order valence-corrected chi connectivity index (χ3v) is 7.06. The van der Waals surface area contributed by atoms with Crippen LogP contribution in [0, 0.1) is 5.82 Å². The maximum Gasteiger partial charge on any atom is 0.338 e. The third-order valence-electron chi connectivity index (χ3n) is 5.92. The number of ether oxygens (including phenoxy) is 2. The Kier molecular flexibility index (Phi) is 5.56. The predicted octanol–water partition coefficient (Wildman–Crippen LogP) is 2.84. The Morgan fingerprint density at radius 3 is 2.53 bits per heavy atom. The fourth-order valence-corrected chi connectivity index (χ4v) is 5.29. The first-order valence-corrected chi connectivity index (χ1v) is 11.1. The maximum atomic E-state index is 13.2. The molecule has 6 nitrogen and oxygen atoms in total. The van der Waals surface area contributed by atoms with Crippen molar-refractivity contribution in [2.24, 2.45) is 0 Å². The monoisotopic (exact) mass is 456 g/mol. The Morgan fingerprint density at radius 1 is 1.00 bits per heavy atom. The summed E-state index contributed by atoms with van der Waals surface area (Å²) in [6.07, 6.45) is -4.90. The molecule has 0 bridgehead atoms. The smallest absolute Gasteiger partial charge is 0.338 e. The quantitative estimate of drug-likeness (QED) is 0.523. The van der Waals surface area contributed by atoms with Crippen molar-refractivity contribution in [3.8, 4) is 10.4 Å². The number of carbonyl (C=O) groups excluding carboxylic acids is 1. The van der Waals surface area contributed by atoms with Gasteiger partial charge in [0.15, 0.2) is 6.10 Å². The van der Waals surface area contributed by atoms with Crippen LogP contribution in [0.25, 0.3) is 10.4 Å². The molecule has 2 aromatic carbocycles. The van der Waals surface area contributed by atoms with Crippen LogP contribution in [0.5, 0.6) is 0 Å². The zero-order valence-electron chi connectivity index (χ0n) is 16.8. The zero-order valence-corrected chi connectivity index (χ0v) is 17.7. The summed E-state index contributed by atoms with van der Waals surface area (Å²) in [6.45, 7) is -0.466. The average molecular weight is 456 g/mol. The first-order chi connectivity index (χ1) is 15.4. The summed E-state index contributed by atoms with van der Waals surface area (Å²) in [5.74, 6) is -0.859. The van der Waals surface area contributed by atoms with E-state index < -0.39 is 43.1 Å². The van der Waals surface area contributed by atoms with Crippen LogP contribution in [-0.2, 0) is 15.9 Å². The lowest BCUT2D eigenvalue weighted by molar-refractivity contribution is -0.234. The van der Waals surface area contributed by atoms with Crippen molar-refractivity contribution in [2.75, 3.05) is 6.61 Å². The average Bonchev–Trinajstić information content (AvgIpc) is 3.25. The van der Waals surface area contributed by atoms with Crippen LogP contribution in [0.4, 0.5) is 4.39 Å². The molecule has 3 aromatic rings. The molecule has 0 aliphatic carbocycles. The van der Waals surface area contributed by atoms with Crippen molar-refractivity contribution in [1.82, 2.24) is 0 Å². The van der Waals surface area contributed by atoms with E-state index >= 15 is 0 Å². The van der Waals surface area contributed by atoms with Gasteiger partial charge in [-0.15, -0.1) is 11.3 Å². The Labute approximate surface area is 187 Å². The van der Waals surface area contributed by atoms with Gasteiger partial charge in [-0.2, -0.15) is 0 Å². The first kappa shape index (κ1) is 21.2. The van der Waals surface area contributed by atoms with E-state index in [0.29, 0.717) is 17.5 Å². The fourth-order valence-electron chi connectivity index (χ4n) is 4.25. The van der Waals surface area contributed by atoms with Gasteiger partial charge in [-0.05, 0) is 47.0 Å². The summed E-state index contributed by atoms with van der Waals surface area (Å²) < 4.78 is 24.3. The number of halogens is 1.